The van der Waals surface area contributed by atoms with Crippen molar-refractivity contribution >= 4 is 0 Å². The Balaban J connectivity index is 2.10. The number of benzene rings is 1. The molecule has 1 aliphatic heterocycles. The highest BCUT2D eigenvalue weighted by Gasteiger charge is 2.17. The summed E-state index contributed by atoms with van der Waals surface area (Å²) in [5, 5.41) is 0. The molecule has 0 radical (unpaired) electrons. The molecule has 1 aromatic carbocycles. The van der Waals surface area contributed by atoms with Crippen LogP contribution in [0.2, 0.25) is 0 Å². The molecule has 18 heavy (non-hydrogen) atoms. The van der Waals surface area contributed by atoms with E-state index in [1.165, 1.54) is 6.07 Å². The van der Waals surface area contributed by atoms with Crippen molar-refractivity contribution in [2.75, 3.05) is 19.8 Å². The predicted octanol–water partition coefficient (Wildman–Crippen LogP) is 1.69. The summed E-state index contributed by atoms with van der Waals surface area (Å²) in [5.41, 5.74) is 6.01. The molecule has 0 bridgehead atoms. The summed E-state index contributed by atoms with van der Waals surface area (Å²) in [6.45, 7) is 1.62. The molecule has 0 spiro atoms. The van der Waals surface area contributed by atoms with E-state index in [0.717, 1.165) is 12.8 Å². The summed E-state index contributed by atoms with van der Waals surface area (Å²) >= 11 is 0. The van der Waals surface area contributed by atoms with Gasteiger partial charge in [-0.15, -0.1) is 0 Å². The smallest absolute Gasteiger partial charge is 0.165 e. The highest BCUT2D eigenvalue weighted by atomic mass is 19.1. The molecule has 1 fully saturated rings. The van der Waals surface area contributed by atoms with E-state index in [4.69, 9.17) is 15.2 Å². The number of ether oxygens (including phenoxy) is 2. The Labute approximate surface area is 106 Å². The third kappa shape index (κ3) is 3.46. The minimum Gasteiger partial charge on any atom is -0.487 e. The van der Waals surface area contributed by atoms with Crippen molar-refractivity contribution in [3.05, 3.63) is 29.6 Å². The highest BCUT2D eigenvalue weighted by molar-refractivity contribution is 5.40. The highest BCUT2D eigenvalue weighted by Crippen LogP contribution is 2.22. The van der Waals surface area contributed by atoms with Crippen LogP contribution in [0.15, 0.2) is 18.2 Å². The maximum Gasteiger partial charge on any atom is 0.165 e. The van der Waals surface area contributed by atoms with Crippen LogP contribution in [0.1, 0.15) is 18.4 Å². The third-order valence-corrected chi connectivity index (χ3v) is 2.73. The minimum atomic E-state index is -0.361. The predicted molar refractivity (Wildman–Crippen MR) is 66.8 cm³/mol. The van der Waals surface area contributed by atoms with Gasteiger partial charge in [0, 0.05) is 18.4 Å². The molecule has 0 saturated carbocycles. The second-order valence-electron chi connectivity index (χ2n) is 4.08. The summed E-state index contributed by atoms with van der Waals surface area (Å²) in [6.07, 6.45) is 1.60. The lowest BCUT2D eigenvalue weighted by Gasteiger charge is -2.23. The SMILES string of the molecule is NCC#Cc1ccc(F)c(OC2CCOCC2)c1. The van der Waals surface area contributed by atoms with Gasteiger partial charge in [0.05, 0.1) is 19.8 Å². The van der Waals surface area contributed by atoms with Gasteiger partial charge in [0.25, 0.3) is 0 Å². The molecule has 0 aliphatic carbocycles. The van der Waals surface area contributed by atoms with E-state index in [2.05, 4.69) is 11.8 Å². The summed E-state index contributed by atoms with van der Waals surface area (Å²) in [7, 11) is 0. The summed E-state index contributed by atoms with van der Waals surface area (Å²) in [4.78, 5) is 0. The largest absolute Gasteiger partial charge is 0.487 e. The van der Waals surface area contributed by atoms with Crippen molar-refractivity contribution in [2.24, 2.45) is 5.73 Å². The molecular formula is C14H16FNO2. The molecule has 1 heterocycles. The van der Waals surface area contributed by atoms with Gasteiger partial charge in [-0.3, -0.25) is 0 Å². The Morgan fingerprint density at radius 3 is 2.89 bits per heavy atom. The van der Waals surface area contributed by atoms with Crippen LogP contribution in [0, 0.1) is 17.7 Å². The quantitative estimate of drug-likeness (QED) is 0.811. The first-order valence-corrected chi connectivity index (χ1v) is 6.02. The van der Waals surface area contributed by atoms with Crippen LogP contribution < -0.4 is 10.5 Å². The summed E-state index contributed by atoms with van der Waals surface area (Å²) in [6, 6.07) is 4.61. The van der Waals surface area contributed by atoms with Crippen molar-refractivity contribution in [3.63, 3.8) is 0 Å². The lowest BCUT2D eigenvalue weighted by Crippen LogP contribution is -2.26. The van der Waals surface area contributed by atoms with E-state index in [1.807, 2.05) is 0 Å². The van der Waals surface area contributed by atoms with Crippen LogP contribution >= 0.6 is 0 Å². The molecule has 0 unspecified atom stereocenters. The fraction of sp³-hybridized carbons (Fsp3) is 0.429. The number of rotatable bonds is 2. The first kappa shape index (κ1) is 12.9. The molecule has 0 amide bonds. The van der Waals surface area contributed by atoms with Crippen LogP contribution in [0.4, 0.5) is 4.39 Å². The first-order chi connectivity index (χ1) is 8.79. The zero-order valence-electron chi connectivity index (χ0n) is 10.1. The van der Waals surface area contributed by atoms with Crippen molar-refractivity contribution in [2.45, 2.75) is 18.9 Å². The van der Waals surface area contributed by atoms with Gasteiger partial charge >= 0.3 is 0 Å². The maximum atomic E-state index is 13.6. The fourth-order valence-electron chi connectivity index (χ4n) is 1.80. The van der Waals surface area contributed by atoms with Gasteiger partial charge in [-0.1, -0.05) is 11.8 Å². The summed E-state index contributed by atoms with van der Waals surface area (Å²) in [5.74, 6) is 5.49. The number of hydrogen-bond acceptors (Lipinski definition) is 3. The van der Waals surface area contributed by atoms with E-state index in [1.54, 1.807) is 12.1 Å². The monoisotopic (exact) mass is 249 g/mol. The van der Waals surface area contributed by atoms with Crippen LogP contribution in [-0.2, 0) is 4.74 Å². The van der Waals surface area contributed by atoms with Crippen molar-refractivity contribution in [1.29, 1.82) is 0 Å². The second-order valence-corrected chi connectivity index (χ2v) is 4.08. The van der Waals surface area contributed by atoms with Gasteiger partial charge in [-0.25, -0.2) is 4.39 Å². The Morgan fingerprint density at radius 1 is 1.39 bits per heavy atom. The molecule has 1 aliphatic rings. The van der Waals surface area contributed by atoms with Crippen LogP contribution in [0.5, 0.6) is 5.75 Å². The Morgan fingerprint density at radius 2 is 2.17 bits per heavy atom. The van der Waals surface area contributed by atoms with Crippen LogP contribution in [0.25, 0.3) is 0 Å². The molecular weight excluding hydrogens is 233 g/mol. The second kappa shape index (κ2) is 6.39. The average molecular weight is 249 g/mol. The van der Waals surface area contributed by atoms with Gasteiger partial charge < -0.3 is 15.2 Å². The third-order valence-electron chi connectivity index (χ3n) is 2.73. The van der Waals surface area contributed by atoms with E-state index in [0.29, 0.717) is 18.8 Å². The van der Waals surface area contributed by atoms with Gasteiger partial charge in [0.1, 0.15) is 6.10 Å². The van der Waals surface area contributed by atoms with Gasteiger partial charge in [-0.05, 0) is 18.2 Å². The standard InChI is InChI=1S/C14H16FNO2/c15-13-4-3-11(2-1-7-16)10-14(13)18-12-5-8-17-9-6-12/h3-4,10,12H,5-9,16H2. The minimum absolute atomic E-state index is 0.0194. The van der Waals surface area contributed by atoms with Crippen molar-refractivity contribution in [1.82, 2.24) is 0 Å². The van der Waals surface area contributed by atoms with E-state index in [-0.39, 0.29) is 24.2 Å². The lowest BCUT2D eigenvalue weighted by molar-refractivity contribution is 0.0240. The average Bonchev–Trinajstić information content (AvgIpc) is 2.41. The molecule has 0 aromatic heterocycles. The first-order valence-electron chi connectivity index (χ1n) is 6.02. The molecule has 96 valence electrons. The molecule has 2 N–H and O–H groups in total. The Bertz CT molecular complexity index is 459. The van der Waals surface area contributed by atoms with Crippen molar-refractivity contribution in [3.8, 4) is 17.6 Å². The van der Waals surface area contributed by atoms with E-state index < -0.39 is 0 Å². The zero-order chi connectivity index (χ0) is 12.8. The maximum absolute atomic E-state index is 13.6. The van der Waals surface area contributed by atoms with Crippen molar-refractivity contribution < 1.29 is 13.9 Å². The molecule has 2 rings (SSSR count). The van der Waals surface area contributed by atoms with Crippen LogP contribution in [-0.4, -0.2) is 25.9 Å². The van der Waals surface area contributed by atoms with Crippen LogP contribution in [0.3, 0.4) is 0 Å². The van der Waals surface area contributed by atoms with E-state index in [9.17, 15) is 4.39 Å². The summed E-state index contributed by atoms with van der Waals surface area (Å²) < 4.78 is 24.5. The lowest BCUT2D eigenvalue weighted by atomic mass is 10.1. The van der Waals surface area contributed by atoms with Gasteiger partial charge in [0.2, 0.25) is 0 Å². The molecule has 4 heteroatoms. The number of nitrogens with two attached hydrogens (primary N) is 1. The molecule has 0 atom stereocenters. The Kier molecular flexibility index (Phi) is 4.57. The Hall–Kier alpha value is -1.57. The zero-order valence-corrected chi connectivity index (χ0v) is 10.1. The number of halogens is 1. The number of hydrogen-bond donors (Lipinski definition) is 1. The van der Waals surface area contributed by atoms with Gasteiger partial charge in [0.15, 0.2) is 11.6 Å². The van der Waals surface area contributed by atoms with E-state index >= 15 is 0 Å². The molecule has 3 nitrogen and oxygen atoms in total. The topological polar surface area (TPSA) is 44.5 Å². The normalized spacial score (nSPS) is 15.9. The molecule has 1 saturated heterocycles. The fourth-order valence-corrected chi connectivity index (χ4v) is 1.80. The molecule has 1 aromatic rings. The van der Waals surface area contributed by atoms with Gasteiger partial charge in [-0.2, -0.15) is 0 Å².